The van der Waals surface area contributed by atoms with Gasteiger partial charge < -0.3 is 10.4 Å². The lowest BCUT2D eigenvalue weighted by Gasteiger charge is -2.16. The minimum absolute atomic E-state index is 0.158. The molecule has 0 radical (unpaired) electrons. The van der Waals surface area contributed by atoms with Gasteiger partial charge in [0.15, 0.2) is 6.04 Å². The molecule has 0 saturated carbocycles. The molecule has 0 aliphatic rings. The molecule has 0 aliphatic carbocycles. The standard InChI is InChI=1S/C14H16FN3O2/c1-3-11-9(8-18(2)17-11)13(14(19)20)16-12-7-5-4-6-10(12)15/h4-8,13,16H,3H2,1-2H3,(H,19,20). The van der Waals surface area contributed by atoms with E-state index in [4.69, 9.17) is 0 Å². The average Bonchev–Trinajstić information content (AvgIpc) is 2.78. The number of hydrogen-bond acceptors (Lipinski definition) is 3. The molecule has 0 amide bonds. The van der Waals surface area contributed by atoms with Crippen molar-refractivity contribution in [2.45, 2.75) is 19.4 Å². The Labute approximate surface area is 116 Å². The maximum absolute atomic E-state index is 13.6. The van der Waals surface area contributed by atoms with Crippen molar-refractivity contribution in [3.63, 3.8) is 0 Å². The van der Waals surface area contributed by atoms with Gasteiger partial charge in [0, 0.05) is 18.8 Å². The molecule has 0 spiro atoms. The highest BCUT2D eigenvalue weighted by atomic mass is 19.1. The van der Waals surface area contributed by atoms with Gasteiger partial charge in [0.1, 0.15) is 5.82 Å². The summed E-state index contributed by atoms with van der Waals surface area (Å²) in [5.74, 6) is -1.56. The van der Waals surface area contributed by atoms with Crippen LogP contribution in [-0.2, 0) is 18.3 Å². The number of carbonyl (C=O) groups is 1. The van der Waals surface area contributed by atoms with Crippen molar-refractivity contribution in [2.75, 3.05) is 5.32 Å². The van der Waals surface area contributed by atoms with E-state index in [1.165, 1.54) is 12.1 Å². The number of aromatic nitrogens is 2. The van der Waals surface area contributed by atoms with E-state index in [0.717, 1.165) is 0 Å². The van der Waals surface area contributed by atoms with Gasteiger partial charge in [0.2, 0.25) is 0 Å². The summed E-state index contributed by atoms with van der Waals surface area (Å²) in [6.45, 7) is 1.90. The van der Waals surface area contributed by atoms with Crippen LogP contribution in [0, 0.1) is 5.82 Å². The monoisotopic (exact) mass is 277 g/mol. The van der Waals surface area contributed by atoms with Crippen LogP contribution in [0.4, 0.5) is 10.1 Å². The van der Waals surface area contributed by atoms with Crippen LogP contribution < -0.4 is 5.32 Å². The molecule has 6 heteroatoms. The van der Waals surface area contributed by atoms with E-state index >= 15 is 0 Å². The van der Waals surface area contributed by atoms with Gasteiger partial charge in [-0.25, -0.2) is 9.18 Å². The number of nitrogens with zero attached hydrogens (tertiary/aromatic N) is 2. The average molecular weight is 277 g/mol. The van der Waals surface area contributed by atoms with E-state index in [0.29, 0.717) is 17.7 Å². The van der Waals surface area contributed by atoms with Crippen molar-refractivity contribution in [1.82, 2.24) is 9.78 Å². The van der Waals surface area contributed by atoms with E-state index in [9.17, 15) is 14.3 Å². The number of aryl methyl sites for hydroxylation is 2. The highest BCUT2D eigenvalue weighted by Crippen LogP contribution is 2.24. The number of carboxylic acid groups (broad SMARTS) is 1. The first-order valence-electron chi connectivity index (χ1n) is 6.29. The molecular weight excluding hydrogens is 261 g/mol. The summed E-state index contributed by atoms with van der Waals surface area (Å²) < 4.78 is 15.2. The Balaban J connectivity index is 2.37. The zero-order valence-corrected chi connectivity index (χ0v) is 11.3. The highest BCUT2D eigenvalue weighted by molar-refractivity contribution is 5.79. The molecule has 106 valence electrons. The summed E-state index contributed by atoms with van der Waals surface area (Å²) in [4.78, 5) is 11.5. The van der Waals surface area contributed by atoms with Crippen LogP contribution in [0.3, 0.4) is 0 Å². The van der Waals surface area contributed by atoms with Crippen molar-refractivity contribution in [3.8, 4) is 0 Å². The number of para-hydroxylation sites is 1. The van der Waals surface area contributed by atoms with E-state index in [1.807, 2.05) is 6.92 Å². The third-order valence-electron chi connectivity index (χ3n) is 3.00. The zero-order valence-electron chi connectivity index (χ0n) is 11.3. The fourth-order valence-electron chi connectivity index (χ4n) is 2.08. The van der Waals surface area contributed by atoms with Gasteiger partial charge in [-0.2, -0.15) is 5.10 Å². The van der Waals surface area contributed by atoms with E-state index in [2.05, 4.69) is 10.4 Å². The zero-order chi connectivity index (χ0) is 14.7. The maximum atomic E-state index is 13.6. The molecule has 1 aromatic heterocycles. The Kier molecular flexibility index (Phi) is 4.02. The first-order chi connectivity index (χ1) is 9.52. The van der Waals surface area contributed by atoms with Crippen molar-refractivity contribution in [3.05, 3.63) is 47.5 Å². The summed E-state index contributed by atoms with van der Waals surface area (Å²) >= 11 is 0. The Bertz CT molecular complexity index is 625. The van der Waals surface area contributed by atoms with Gasteiger partial charge in [0.25, 0.3) is 0 Å². The third-order valence-corrected chi connectivity index (χ3v) is 3.00. The molecule has 1 aromatic carbocycles. The molecule has 0 fully saturated rings. The predicted octanol–water partition coefficient (Wildman–Crippen LogP) is 2.36. The lowest BCUT2D eigenvalue weighted by atomic mass is 10.1. The molecule has 5 nitrogen and oxygen atoms in total. The largest absolute Gasteiger partial charge is 0.479 e. The molecule has 20 heavy (non-hydrogen) atoms. The molecule has 2 aromatic rings. The second-order valence-electron chi connectivity index (χ2n) is 4.45. The third kappa shape index (κ3) is 2.79. The minimum Gasteiger partial charge on any atom is -0.479 e. The van der Waals surface area contributed by atoms with Crippen molar-refractivity contribution in [2.24, 2.45) is 7.05 Å². The summed E-state index contributed by atoms with van der Waals surface area (Å²) in [7, 11) is 1.73. The summed E-state index contributed by atoms with van der Waals surface area (Å²) in [6.07, 6.45) is 2.25. The van der Waals surface area contributed by atoms with Gasteiger partial charge in [-0.15, -0.1) is 0 Å². The number of halogens is 1. The quantitative estimate of drug-likeness (QED) is 0.880. The van der Waals surface area contributed by atoms with Crippen LogP contribution in [0.15, 0.2) is 30.5 Å². The Hall–Kier alpha value is -2.37. The molecule has 0 bridgehead atoms. The van der Waals surface area contributed by atoms with Gasteiger partial charge in [-0.3, -0.25) is 4.68 Å². The summed E-state index contributed by atoms with van der Waals surface area (Å²) in [5, 5.41) is 16.3. The van der Waals surface area contributed by atoms with Gasteiger partial charge in [0.05, 0.1) is 11.4 Å². The Morgan fingerprint density at radius 1 is 1.50 bits per heavy atom. The molecular formula is C14H16FN3O2. The van der Waals surface area contributed by atoms with Gasteiger partial charge in [-0.05, 0) is 18.6 Å². The van der Waals surface area contributed by atoms with Gasteiger partial charge >= 0.3 is 5.97 Å². The SMILES string of the molecule is CCc1nn(C)cc1C(Nc1ccccc1F)C(=O)O. The second-order valence-corrected chi connectivity index (χ2v) is 4.45. The second kappa shape index (κ2) is 5.73. The number of benzene rings is 1. The number of carboxylic acids is 1. The highest BCUT2D eigenvalue weighted by Gasteiger charge is 2.25. The topological polar surface area (TPSA) is 67.2 Å². The van der Waals surface area contributed by atoms with Crippen molar-refractivity contribution in [1.29, 1.82) is 0 Å². The van der Waals surface area contributed by atoms with Crippen LogP contribution in [0.1, 0.15) is 24.2 Å². The number of aliphatic carboxylic acids is 1. The summed E-state index contributed by atoms with van der Waals surface area (Å²) in [5.41, 5.74) is 1.39. The van der Waals surface area contributed by atoms with Crippen LogP contribution in [0.2, 0.25) is 0 Å². The fraction of sp³-hybridized carbons (Fsp3) is 0.286. The first kappa shape index (κ1) is 14.0. The Morgan fingerprint density at radius 2 is 2.20 bits per heavy atom. The molecule has 1 heterocycles. The minimum atomic E-state index is -1.07. The van der Waals surface area contributed by atoms with E-state index in [-0.39, 0.29) is 5.69 Å². The number of anilines is 1. The first-order valence-corrected chi connectivity index (χ1v) is 6.29. The van der Waals surface area contributed by atoms with Crippen LogP contribution >= 0.6 is 0 Å². The van der Waals surface area contributed by atoms with E-state index in [1.54, 1.807) is 30.1 Å². The summed E-state index contributed by atoms with van der Waals surface area (Å²) in [6, 6.07) is 4.96. The number of nitrogens with one attached hydrogen (secondary N) is 1. The fourth-order valence-corrected chi connectivity index (χ4v) is 2.08. The number of rotatable bonds is 5. The van der Waals surface area contributed by atoms with E-state index < -0.39 is 17.8 Å². The van der Waals surface area contributed by atoms with Crippen molar-refractivity contribution < 1.29 is 14.3 Å². The molecule has 0 saturated heterocycles. The molecule has 2 rings (SSSR count). The Morgan fingerprint density at radius 3 is 2.80 bits per heavy atom. The molecule has 2 N–H and O–H groups in total. The van der Waals surface area contributed by atoms with Crippen molar-refractivity contribution >= 4 is 11.7 Å². The normalized spacial score (nSPS) is 12.2. The number of hydrogen-bond donors (Lipinski definition) is 2. The lowest BCUT2D eigenvalue weighted by Crippen LogP contribution is -2.21. The van der Waals surface area contributed by atoms with Gasteiger partial charge in [-0.1, -0.05) is 19.1 Å². The van der Waals surface area contributed by atoms with Crippen LogP contribution in [-0.4, -0.2) is 20.9 Å². The van der Waals surface area contributed by atoms with Crippen LogP contribution in [0.5, 0.6) is 0 Å². The molecule has 0 aliphatic heterocycles. The molecule has 1 unspecified atom stereocenters. The van der Waals surface area contributed by atoms with Crippen LogP contribution in [0.25, 0.3) is 0 Å². The molecule has 1 atom stereocenters. The predicted molar refractivity (Wildman–Crippen MR) is 73.0 cm³/mol. The smallest absolute Gasteiger partial charge is 0.330 e. The maximum Gasteiger partial charge on any atom is 0.330 e. The lowest BCUT2D eigenvalue weighted by molar-refractivity contribution is -0.138.